The number of nitrogens with zero attached hydrogens (tertiary/aromatic N) is 4. The monoisotopic (exact) mass is 275 g/mol. The molecule has 0 aliphatic carbocycles. The van der Waals surface area contributed by atoms with Gasteiger partial charge in [-0.1, -0.05) is 30.3 Å². The minimum absolute atomic E-state index is 0.825. The SMILES string of the molecule is Cc1nc2ccc(-n3ncnc3-c3ccccc3)cc2[nH]1. The van der Waals surface area contributed by atoms with Crippen molar-refractivity contribution in [2.45, 2.75) is 6.92 Å². The van der Waals surface area contributed by atoms with Crippen molar-refractivity contribution < 1.29 is 0 Å². The molecule has 0 atom stereocenters. The van der Waals surface area contributed by atoms with Gasteiger partial charge in [-0.3, -0.25) is 0 Å². The molecule has 5 heteroatoms. The first-order valence-electron chi connectivity index (χ1n) is 6.73. The fourth-order valence-corrected chi connectivity index (χ4v) is 2.47. The maximum Gasteiger partial charge on any atom is 0.163 e. The van der Waals surface area contributed by atoms with Crippen LogP contribution in [0.3, 0.4) is 0 Å². The van der Waals surface area contributed by atoms with Crippen molar-refractivity contribution >= 4 is 11.0 Å². The van der Waals surface area contributed by atoms with Crippen molar-refractivity contribution in [1.29, 1.82) is 0 Å². The van der Waals surface area contributed by atoms with Gasteiger partial charge in [0.15, 0.2) is 5.82 Å². The van der Waals surface area contributed by atoms with Gasteiger partial charge >= 0.3 is 0 Å². The predicted molar refractivity (Wildman–Crippen MR) is 81.2 cm³/mol. The van der Waals surface area contributed by atoms with Gasteiger partial charge in [0.1, 0.15) is 12.2 Å². The largest absolute Gasteiger partial charge is 0.342 e. The van der Waals surface area contributed by atoms with Crippen LogP contribution in [0.4, 0.5) is 0 Å². The summed E-state index contributed by atoms with van der Waals surface area (Å²) < 4.78 is 1.84. The number of aryl methyl sites for hydroxylation is 1. The second kappa shape index (κ2) is 4.56. The second-order valence-corrected chi connectivity index (χ2v) is 4.89. The van der Waals surface area contributed by atoms with Crippen molar-refractivity contribution in [3.05, 3.63) is 60.7 Å². The van der Waals surface area contributed by atoms with E-state index in [1.165, 1.54) is 0 Å². The number of aromatic amines is 1. The third-order valence-corrected chi connectivity index (χ3v) is 3.41. The van der Waals surface area contributed by atoms with E-state index in [4.69, 9.17) is 0 Å². The summed E-state index contributed by atoms with van der Waals surface area (Å²) in [6.07, 6.45) is 1.57. The molecule has 5 nitrogen and oxygen atoms in total. The smallest absolute Gasteiger partial charge is 0.163 e. The Labute approximate surface area is 121 Å². The fourth-order valence-electron chi connectivity index (χ4n) is 2.47. The number of nitrogens with one attached hydrogen (secondary N) is 1. The molecule has 1 N–H and O–H groups in total. The summed E-state index contributed by atoms with van der Waals surface area (Å²) in [6.45, 7) is 1.95. The van der Waals surface area contributed by atoms with Crippen molar-refractivity contribution in [3.63, 3.8) is 0 Å². The highest BCUT2D eigenvalue weighted by atomic mass is 15.3. The van der Waals surface area contributed by atoms with E-state index < -0.39 is 0 Å². The number of fused-ring (bicyclic) bond motifs is 1. The summed E-state index contributed by atoms with van der Waals surface area (Å²) >= 11 is 0. The van der Waals surface area contributed by atoms with E-state index in [9.17, 15) is 0 Å². The molecular weight excluding hydrogens is 262 g/mol. The third kappa shape index (κ3) is 1.99. The summed E-state index contributed by atoms with van der Waals surface area (Å²) in [5.41, 5.74) is 3.95. The van der Waals surface area contributed by atoms with Crippen LogP contribution in [-0.2, 0) is 0 Å². The lowest BCUT2D eigenvalue weighted by molar-refractivity contribution is 0.888. The molecule has 0 aliphatic heterocycles. The Balaban J connectivity index is 1.87. The van der Waals surface area contributed by atoms with E-state index in [0.29, 0.717) is 0 Å². The van der Waals surface area contributed by atoms with E-state index in [1.807, 2.05) is 60.1 Å². The van der Waals surface area contributed by atoms with Crippen LogP contribution in [0, 0.1) is 6.92 Å². The zero-order valence-electron chi connectivity index (χ0n) is 11.5. The first-order chi connectivity index (χ1) is 10.3. The van der Waals surface area contributed by atoms with Crippen LogP contribution in [0.25, 0.3) is 28.1 Å². The van der Waals surface area contributed by atoms with Gasteiger partial charge in [-0.15, -0.1) is 0 Å². The molecule has 2 aromatic heterocycles. The molecule has 0 spiro atoms. The summed E-state index contributed by atoms with van der Waals surface area (Å²) in [6, 6.07) is 16.1. The zero-order chi connectivity index (χ0) is 14.2. The number of rotatable bonds is 2. The molecule has 0 bridgehead atoms. The number of H-pyrrole nitrogens is 1. The molecule has 0 aliphatic rings. The van der Waals surface area contributed by atoms with Gasteiger partial charge in [0.25, 0.3) is 0 Å². The van der Waals surface area contributed by atoms with Crippen LogP contribution < -0.4 is 0 Å². The van der Waals surface area contributed by atoms with Gasteiger partial charge < -0.3 is 4.98 Å². The molecular formula is C16H13N5. The molecule has 0 radical (unpaired) electrons. The summed E-state index contributed by atoms with van der Waals surface area (Å²) in [7, 11) is 0. The zero-order valence-corrected chi connectivity index (χ0v) is 11.5. The third-order valence-electron chi connectivity index (χ3n) is 3.41. The van der Waals surface area contributed by atoms with Gasteiger partial charge in [0.05, 0.1) is 16.7 Å². The number of hydrogen-bond acceptors (Lipinski definition) is 3. The van der Waals surface area contributed by atoms with Crippen molar-refractivity contribution in [1.82, 2.24) is 24.7 Å². The van der Waals surface area contributed by atoms with Crippen LogP contribution in [0.15, 0.2) is 54.9 Å². The average Bonchev–Trinajstić information content (AvgIpc) is 3.12. The standard InChI is InChI=1S/C16H13N5/c1-11-19-14-8-7-13(9-15(14)20-11)21-16(17-10-18-21)12-5-3-2-4-6-12/h2-10H,1H3,(H,19,20). The van der Waals surface area contributed by atoms with E-state index in [-0.39, 0.29) is 0 Å². The van der Waals surface area contributed by atoms with E-state index in [0.717, 1.165) is 33.9 Å². The Morgan fingerprint density at radius 1 is 1.05 bits per heavy atom. The Kier molecular flexibility index (Phi) is 2.57. The summed E-state index contributed by atoms with van der Waals surface area (Å²) in [5.74, 6) is 1.73. The number of aromatic nitrogens is 5. The molecule has 0 saturated carbocycles. The molecule has 4 aromatic rings. The Hall–Kier alpha value is -2.95. The van der Waals surface area contributed by atoms with Crippen LogP contribution in [0.2, 0.25) is 0 Å². The number of imidazole rings is 1. The van der Waals surface area contributed by atoms with Crippen molar-refractivity contribution in [3.8, 4) is 17.1 Å². The minimum Gasteiger partial charge on any atom is -0.342 e. The molecule has 0 amide bonds. The van der Waals surface area contributed by atoms with Gasteiger partial charge in [0.2, 0.25) is 0 Å². The maximum atomic E-state index is 4.42. The van der Waals surface area contributed by atoms with Crippen LogP contribution in [-0.4, -0.2) is 24.7 Å². The first kappa shape index (κ1) is 11.8. The molecule has 0 saturated heterocycles. The molecule has 4 rings (SSSR count). The van der Waals surface area contributed by atoms with E-state index >= 15 is 0 Å². The second-order valence-electron chi connectivity index (χ2n) is 4.89. The topological polar surface area (TPSA) is 59.4 Å². The Morgan fingerprint density at radius 3 is 2.76 bits per heavy atom. The van der Waals surface area contributed by atoms with Gasteiger partial charge in [-0.25, -0.2) is 14.6 Å². The highest BCUT2D eigenvalue weighted by Crippen LogP contribution is 2.22. The number of benzene rings is 2. The van der Waals surface area contributed by atoms with Crippen molar-refractivity contribution in [2.75, 3.05) is 0 Å². The quantitative estimate of drug-likeness (QED) is 0.611. The highest BCUT2D eigenvalue weighted by molar-refractivity contribution is 5.78. The van der Waals surface area contributed by atoms with Gasteiger partial charge in [-0.05, 0) is 25.1 Å². The predicted octanol–water partition coefficient (Wildman–Crippen LogP) is 3.12. The lowest BCUT2D eigenvalue weighted by Crippen LogP contribution is -1.99. The van der Waals surface area contributed by atoms with Crippen LogP contribution >= 0.6 is 0 Å². The minimum atomic E-state index is 0.825. The Morgan fingerprint density at radius 2 is 1.90 bits per heavy atom. The molecule has 102 valence electrons. The molecule has 0 unspecified atom stereocenters. The first-order valence-corrected chi connectivity index (χ1v) is 6.73. The highest BCUT2D eigenvalue weighted by Gasteiger charge is 2.10. The lowest BCUT2D eigenvalue weighted by Gasteiger charge is -2.06. The molecule has 2 aromatic carbocycles. The van der Waals surface area contributed by atoms with Crippen LogP contribution in [0.1, 0.15) is 5.82 Å². The van der Waals surface area contributed by atoms with E-state index in [2.05, 4.69) is 20.1 Å². The normalized spacial score (nSPS) is 11.1. The van der Waals surface area contributed by atoms with Gasteiger partial charge in [-0.2, -0.15) is 5.10 Å². The molecule has 21 heavy (non-hydrogen) atoms. The van der Waals surface area contributed by atoms with Gasteiger partial charge in [0, 0.05) is 5.56 Å². The fraction of sp³-hybridized carbons (Fsp3) is 0.0625. The summed E-state index contributed by atoms with van der Waals surface area (Å²) in [4.78, 5) is 12.0. The average molecular weight is 275 g/mol. The lowest BCUT2D eigenvalue weighted by atomic mass is 10.2. The van der Waals surface area contributed by atoms with Crippen LogP contribution in [0.5, 0.6) is 0 Å². The molecule has 0 fully saturated rings. The molecule has 2 heterocycles. The Bertz CT molecular complexity index is 905. The maximum absolute atomic E-state index is 4.42. The summed E-state index contributed by atoms with van der Waals surface area (Å²) in [5, 5.41) is 4.35. The van der Waals surface area contributed by atoms with Crippen molar-refractivity contribution in [2.24, 2.45) is 0 Å². The van der Waals surface area contributed by atoms with E-state index in [1.54, 1.807) is 6.33 Å². The number of hydrogen-bond donors (Lipinski definition) is 1.